The van der Waals surface area contributed by atoms with Crippen LogP contribution < -0.4 is 18.9 Å². The number of methoxy groups -OCH3 is 2. The number of rotatable bonds is 8. The second-order valence-corrected chi connectivity index (χ2v) is 7.63. The zero-order valence-corrected chi connectivity index (χ0v) is 17.4. The number of fused-ring (bicyclic) bond motifs is 1. The fourth-order valence-corrected chi connectivity index (χ4v) is 3.99. The van der Waals surface area contributed by atoms with Gasteiger partial charge in [-0.3, -0.25) is 4.90 Å². The van der Waals surface area contributed by atoms with Crippen LogP contribution in [0.4, 0.5) is 0 Å². The molecule has 0 bridgehead atoms. The van der Waals surface area contributed by atoms with E-state index >= 15 is 0 Å². The van der Waals surface area contributed by atoms with Gasteiger partial charge in [-0.1, -0.05) is 6.07 Å². The Morgan fingerprint density at radius 3 is 2.55 bits per heavy atom. The SMILES string of the molecule is COc1cc(C)c(CN(Cc2ccc3c(c2)OCO3)CC2CCCO2)cc1OC. The number of nitrogens with zero attached hydrogens (tertiary/aromatic N) is 1. The van der Waals surface area contributed by atoms with E-state index in [9.17, 15) is 0 Å². The molecular weight excluding hydrogens is 370 g/mol. The Kier molecular flexibility index (Phi) is 6.11. The molecule has 6 nitrogen and oxygen atoms in total. The zero-order valence-electron chi connectivity index (χ0n) is 17.4. The van der Waals surface area contributed by atoms with Crippen molar-refractivity contribution in [2.24, 2.45) is 0 Å². The molecule has 0 spiro atoms. The van der Waals surface area contributed by atoms with Gasteiger partial charge in [-0.05, 0) is 60.7 Å². The summed E-state index contributed by atoms with van der Waals surface area (Å²) < 4.78 is 27.9. The minimum atomic E-state index is 0.282. The summed E-state index contributed by atoms with van der Waals surface area (Å²) in [7, 11) is 3.34. The molecular formula is C23H29NO5. The van der Waals surface area contributed by atoms with Crippen molar-refractivity contribution in [3.8, 4) is 23.0 Å². The Morgan fingerprint density at radius 2 is 1.79 bits per heavy atom. The van der Waals surface area contributed by atoms with Crippen LogP contribution in [0.25, 0.3) is 0 Å². The first-order chi connectivity index (χ1) is 14.2. The normalized spacial score (nSPS) is 17.7. The average Bonchev–Trinajstić information content (AvgIpc) is 3.40. The molecule has 29 heavy (non-hydrogen) atoms. The van der Waals surface area contributed by atoms with Gasteiger partial charge in [0, 0.05) is 26.2 Å². The highest BCUT2D eigenvalue weighted by Crippen LogP contribution is 2.34. The lowest BCUT2D eigenvalue weighted by atomic mass is 10.1. The summed E-state index contributed by atoms with van der Waals surface area (Å²) in [4.78, 5) is 2.43. The van der Waals surface area contributed by atoms with Gasteiger partial charge in [0.25, 0.3) is 0 Å². The van der Waals surface area contributed by atoms with Crippen LogP contribution in [0, 0.1) is 6.92 Å². The molecule has 0 saturated carbocycles. The Morgan fingerprint density at radius 1 is 1.00 bits per heavy atom. The molecule has 2 aromatic rings. The van der Waals surface area contributed by atoms with Crippen LogP contribution >= 0.6 is 0 Å². The van der Waals surface area contributed by atoms with E-state index in [0.29, 0.717) is 6.79 Å². The molecule has 1 unspecified atom stereocenters. The van der Waals surface area contributed by atoms with Crippen LogP contribution in [0.5, 0.6) is 23.0 Å². The topological polar surface area (TPSA) is 49.4 Å². The van der Waals surface area contributed by atoms with Crippen LogP contribution in [-0.4, -0.2) is 45.2 Å². The van der Waals surface area contributed by atoms with Crippen LogP contribution in [0.15, 0.2) is 30.3 Å². The molecule has 1 atom stereocenters. The number of ether oxygens (including phenoxy) is 5. The maximum absolute atomic E-state index is 5.91. The highest BCUT2D eigenvalue weighted by atomic mass is 16.7. The summed E-state index contributed by atoms with van der Waals surface area (Å²) >= 11 is 0. The van der Waals surface area contributed by atoms with Crippen LogP contribution in [-0.2, 0) is 17.8 Å². The second kappa shape index (κ2) is 8.93. The van der Waals surface area contributed by atoms with Crippen LogP contribution in [0.1, 0.15) is 29.5 Å². The Bertz CT molecular complexity index is 847. The lowest BCUT2D eigenvalue weighted by Gasteiger charge is -2.26. The molecule has 2 aliphatic heterocycles. The minimum Gasteiger partial charge on any atom is -0.493 e. The van der Waals surface area contributed by atoms with Crippen molar-refractivity contribution in [1.29, 1.82) is 0 Å². The third-order valence-electron chi connectivity index (χ3n) is 5.57. The molecule has 1 saturated heterocycles. The smallest absolute Gasteiger partial charge is 0.231 e. The molecule has 4 rings (SSSR count). The Hall–Kier alpha value is -2.44. The zero-order chi connectivity index (χ0) is 20.2. The van der Waals surface area contributed by atoms with E-state index in [1.807, 2.05) is 12.1 Å². The summed E-state index contributed by atoms with van der Waals surface area (Å²) in [5.74, 6) is 3.15. The first-order valence-electron chi connectivity index (χ1n) is 10.1. The summed E-state index contributed by atoms with van der Waals surface area (Å²) in [6, 6.07) is 10.3. The lowest BCUT2D eigenvalue weighted by Crippen LogP contribution is -2.31. The largest absolute Gasteiger partial charge is 0.493 e. The lowest BCUT2D eigenvalue weighted by molar-refractivity contribution is 0.0678. The third-order valence-corrected chi connectivity index (χ3v) is 5.57. The summed E-state index contributed by atoms with van der Waals surface area (Å²) in [6.07, 6.45) is 2.53. The molecule has 0 aromatic heterocycles. The number of hydrogen-bond donors (Lipinski definition) is 0. The van der Waals surface area contributed by atoms with E-state index < -0.39 is 0 Å². The molecule has 0 N–H and O–H groups in total. The van der Waals surface area contributed by atoms with E-state index in [2.05, 4.69) is 30.0 Å². The van der Waals surface area contributed by atoms with Crippen molar-refractivity contribution in [2.75, 3.05) is 34.2 Å². The van der Waals surface area contributed by atoms with E-state index in [4.69, 9.17) is 23.7 Å². The van der Waals surface area contributed by atoms with Crippen molar-refractivity contribution in [3.05, 3.63) is 47.0 Å². The molecule has 0 aliphatic carbocycles. The van der Waals surface area contributed by atoms with Gasteiger partial charge in [0.05, 0.1) is 20.3 Å². The van der Waals surface area contributed by atoms with Gasteiger partial charge in [-0.15, -0.1) is 0 Å². The number of aryl methyl sites for hydroxylation is 1. The standard InChI is InChI=1S/C23H29NO5/c1-16-9-21(25-2)22(26-3)11-18(16)13-24(14-19-5-4-8-27-19)12-17-6-7-20-23(10-17)29-15-28-20/h6-7,9-11,19H,4-5,8,12-15H2,1-3H3. The third kappa shape index (κ3) is 4.60. The van der Waals surface area contributed by atoms with Crippen LogP contribution in [0.3, 0.4) is 0 Å². The van der Waals surface area contributed by atoms with Gasteiger partial charge in [0.1, 0.15) is 0 Å². The van der Waals surface area contributed by atoms with E-state index in [1.54, 1.807) is 14.2 Å². The van der Waals surface area contributed by atoms with Gasteiger partial charge in [-0.25, -0.2) is 0 Å². The van der Waals surface area contributed by atoms with Crippen molar-refractivity contribution >= 4 is 0 Å². The first-order valence-corrected chi connectivity index (χ1v) is 10.1. The van der Waals surface area contributed by atoms with Crippen molar-refractivity contribution < 1.29 is 23.7 Å². The molecule has 0 radical (unpaired) electrons. The fourth-order valence-electron chi connectivity index (χ4n) is 3.99. The predicted molar refractivity (Wildman–Crippen MR) is 110 cm³/mol. The summed E-state index contributed by atoms with van der Waals surface area (Å²) in [6.45, 7) is 5.77. The van der Waals surface area contributed by atoms with Gasteiger partial charge < -0.3 is 23.7 Å². The molecule has 2 aromatic carbocycles. The van der Waals surface area contributed by atoms with Gasteiger partial charge in [0.2, 0.25) is 6.79 Å². The number of hydrogen-bond acceptors (Lipinski definition) is 6. The number of benzene rings is 2. The molecule has 1 fully saturated rings. The quantitative estimate of drug-likeness (QED) is 0.671. The summed E-state index contributed by atoms with van der Waals surface area (Å²) in [5.41, 5.74) is 3.61. The molecule has 2 aliphatic rings. The monoisotopic (exact) mass is 399 g/mol. The van der Waals surface area contributed by atoms with Gasteiger partial charge in [-0.2, -0.15) is 0 Å². The Labute approximate surface area is 172 Å². The van der Waals surface area contributed by atoms with Gasteiger partial charge >= 0.3 is 0 Å². The van der Waals surface area contributed by atoms with Crippen molar-refractivity contribution in [1.82, 2.24) is 4.90 Å². The average molecular weight is 399 g/mol. The predicted octanol–water partition coefficient (Wildman–Crippen LogP) is 3.92. The van der Waals surface area contributed by atoms with Gasteiger partial charge in [0.15, 0.2) is 23.0 Å². The second-order valence-electron chi connectivity index (χ2n) is 7.63. The highest BCUT2D eigenvalue weighted by molar-refractivity contribution is 5.47. The summed E-state index contributed by atoms with van der Waals surface area (Å²) in [5, 5.41) is 0. The highest BCUT2D eigenvalue weighted by Gasteiger charge is 2.22. The van der Waals surface area contributed by atoms with Crippen molar-refractivity contribution in [3.63, 3.8) is 0 Å². The fraction of sp³-hybridized carbons (Fsp3) is 0.478. The maximum atomic E-state index is 5.91. The first kappa shape index (κ1) is 19.9. The van der Waals surface area contributed by atoms with E-state index in [-0.39, 0.29) is 6.10 Å². The van der Waals surface area contributed by atoms with Crippen LogP contribution in [0.2, 0.25) is 0 Å². The van der Waals surface area contributed by atoms with E-state index in [1.165, 1.54) is 16.7 Å². The molecule has 6 heteroatoms. The molecule has 0 amide bonds. The van der Waals surface area contributed by atoms with E-state index in [0.717, 1.165) is 62.1 Å². The van der Waals surface area contributed by atoms with Crippen molar-refractivity contribution in [2.45, 2.75) is 39.0 Å². The minimum absolute atomic E-state index is 0.282. The Balaban J connectivity index is 1.55. The molecule has 2 heterocycles. The maximum Gasteiger partial charge on any atom is 0.231 e. The molecule has 156 valence electrons.